The lowest BCUT2D eigenvalue weighted by molar-refractivity contribution is 0.478. The zero-order chi connectivity index (χ0) is 9.10. The molecule has 0 fully saturated rings. The number of benzene rings is 1. The summed E-state index contributed by atoms with van der Waals surface area (Å²) >= 11 is 0. The summed E-state index contributed by atoms with van der Waals surface area (Å²) in [4.78, 5) is 4.27. The summed E-state index contributed by atoms with van der Waals surface area (Å²) in [5, 5.41) is 12.6. The molecule has 2 rings (SSSR count). The molecule has 0 unspecified atom stereocenters. The monoisotopic (exact) mass is 176 g/mol. The first-order valence-corrected chi connectivity index (χ1v) is 4.44. The quantitative estimate of drug-likeness (QED) is 0.643. The lowest BCUT2D eigenvalue weighted by atomic mass is 10.2. The fourth-order valence-corrected chi connectivity index (χ4v) is 1.38. The number of nitrogens with one attached hydrogen (secondary N) is 1. The average Bonchev–Trinajstić information content (AvgIpc) is 2.61. The van der Waals surface area contributed by atoms with Gasteiger partial charge in [0, 0.05) is 13.0 Å². The molecule has 0 bridgehead atoms. The Balaban J connectivity index is 2.13. The van der Waals surface area contributed by atoms with Gasteiger partial charge in [0.05, 0.1) is 5.69 Å². The van der Waals surface area contributed by atoms with E-state index in [0.29, 0.717) is 0 Å². The van der Waals surface area contributed by atoms with Crippen molar-refractivity contribution in [3.63, 3.8) is 0 Å². The van der Waals surface area contributed by atoms with Crippen LogP contribution >= 0.6 is 0 Å². The Kier molecular flexibility index (Phi) is 2.17. The smallest absolute Gasteiger partial charge is 0.139 e. The molecule has 0 amide bonds. The Morgan fingerprint density at radius 2 is 2.15 bits per heavy atom. The summed E-state index contributed by atoms with van der Waals surface area (Å²) in [6.45, 7) is 0.899. The first kappa shape index (κ1) is 8.10. The molecule has 0 radical (unpaired) electrons. The third kappa shape index (κ3) is 1.80. The molecule has 0 aromatic heterocycles. The van der Waals surface area contributed by atoms with Crippen molar-refractivity contribution in [1.29, 1.82) is 0 Å². The van der Waals surface area contributed by atoms with Gasteiger partial charge in [-0.05, 0) is 18.6 Å². The largest absolute Gasteiger partial charge is 0.506 e. The van der Waals surface area contributed by atoms with Crippen molar-refractivity contribution < 1.29 is 5.11 Å². The summed E-state index contributed by atoms with van der Waals surface area (Å²) < 4.78 is 0. The molecule has 3 heteroatoms. The number of hydrogen-bond donors (Lipinski definition) is 2. The number of phenolic OH excluding ortho intramolecular Hbond substituents is 1. The van der Waals surface area contributed by atoms with Crippen LogP contribution in [0.1, 0.15) is 12.8 Å². The molecule has 3 nitrogen and oxygen atoms in total. The number of aliphatic imine (C=N–C) groups is 1. The van der Waals surface area contributed by atoms with E-state index < -0.39 is 0 Å². The minimum absolute atomic E-state index is 0.275. The molecule has 0 atom stereocenters. The Hall–Kier alpha value is -1.51. The maximum absolute atomic E-state index is 9.45. The van der Waals surface area contributed by atoms with Crippen molar-refractivity contribution in [3.8, 4) is 5.75 Å². The summed E-state index contributed by atoms with van der Waals surface area (Å²) in [6.07, 6.45) is 2.09. The molecule has 2 N–H and O–H groups in total. The molecular weight excluding hydrogens is 164 g/mol. The van der Waals surface area contributed by atoms with Crippen molar-refractivity contribution in [1.82, 2.24) is 0 Å². The third-order valence-electron chi connectivity index (χ3n) is 2.06. The van der Waals surface area contributed by atoms with Crippen LogP contribution in [0.2, 0.25) is 0 Å². The van der Waals surface area contributed by atoms with E-state index in [0.717, 1.165) is 30.9 Å². The highest BCUT2D eigenvalue weighted by atomic mass is 16.3. The van der Waals surface area contributed by atoms with Gasteiger partial charge in [0.1, 0.15) is 11.6 Å². The minimum atomic E-state index is 0.275. The highest BCUT2D eigenvalue weighted by Gasteiger charge is 2.07. The SMILES string of the molecule is Oc1ccccc1NC1=NCCC1. The van der Waals surface area contributed by atoms with E-state index in [1.54, 1.807) is 12.1 Å². The normalized spacial score (nSPS) is 15.5. The zero-order valence-electron chi connectivity index (χ0n) is 7.33. The van der Waals surface area contributed by atoms with Crippen molar-refractivity contribution in [3.05, 3.63) is 24.3 Å². The van der Waals surface area contributed by atoms with Crippen LogP contribution in [-0.2, 0) is 0 Å². The molecule has 68 valence electrons. The van der Waals surface area contributed by atoms with Gasteiger partial charge in [-0.1, -0.05) is 12.1 Å². The molecule has 1 aliphatic rings. The van der Waals surface area contributed by atoms with Gasteiger partial charge in [-0.15, -0.1) is 0 Å². The van der Waals surface area contributed by atoms with Crippen LogP contribution in [0.5, 0.6) is 5.75 Å². The number of para-hydroxylation sites is 2. The summed E-state index contributed by atoms with van der Waals surface area (Å²) in [5.41, 5.74) is 0.739. The molecule has 13 heavy (non-hydrogen) atoms. The number of phenols is 1. The second-order valence-corrected chi connectivity index (χ2v) is 3.07. The van der Waals surface area contributed by atoms with Crippen molar-refractivity contribution in [2.75, 3.05) is 11.9 Å². The molecule has 1 aliphatic heterocycles. The predicted molar refractivity (Wildman–Crippen MR) is 53.3 cm³/mol. The summed E-state index contributed by atoms with van der Waals surface area (Å²) in [6, 6.07) is 7.20. The van der Waals surface area contributed by atoms with Gasteiger partial charge in [-0.3, -0.25) is 4.99 Å². The van der Waals surface area contributed by atoms with Gasteiger partial charge >= 0.3 is 0 Å². The first-order valence-electron chi connectivity index (χ1n) is 4.44. The van der Waals surface area contributed by atoms with Gasteiger partial charge in [-0.2, -0.15) is 0 Å². The molecule has 0 saturated heterocycles. The summed E-state index contributed by atoms with van der Waals surface area (Å²) in [7, 11) is 0. The van der Waals surface area contributed by atoms with Gasteiger partial charge in [0.2, 0.25) is 0 Å². The van der Waals surface area contributed by atoms with Crippen LogP contribution in [0.25, 0.3) is 0 Å². The number of anilines is 1. The third-order valence-corrected chi connectivity index (χ3v) is 2.06. The molecule has 0 aliphatic carbocycles. The van der Waals surface area contributed by atoms with Gasteiger partial charge < -0.3 is 10.4 Å². The van der Waals surface area contributed by atoms with Crippen LogP contribution in [0.15, 0.2) is 29.3 Å². The average molecular weight is 176 g/mol. The molecule has 0 saturated carbocycles. The van der Waals surface area contributed by atoms with Gasteiger partial charge in [0.25, 0.3) is 0 Å². The zero-order valence-corrected chi connectivity index (χ0v) is 7.33. The van der Waals surface area contributed by atoms with Gasteiger partial charge in [-0.25, -0.2) is 0 Å². The molecular formula is C10H12N2O. The second-order valence-electron chi connectivity index (χ2n) is 3.07. The maximum Gasteiger partial charge on any atom is 0.139 e. The molecule has 1 aromatic carbocycles. The number of rotatable bonds is 1. The lowest BCUT2D eigenvalue weighted by Crippen LogP contribution is -2.08. The molecule has 0 spiro atoms. The summed E-state index contributed by atoms with van der Waals surface area (Å²) in [5.74, 6) is 1.25. The van der Waals surface area contributed by atoms with Crippen LogP contribution < -0.4 is 5.32 Å². The Labute approximate surface area is 77.1 Å². The number of amidine groups is 1. The Morgan fingerprint density at radius 1 is 1.31 bits per heavy atom. The van der Waals surface area contributed by atoms with E-state index in [2.05, 4.69) is 10.3 Å². The lowest BCUT2D eigenvalue weighted by Gasteiger charge is -2.06. The topological polar surface area (TPSA) is 44.6 Å². The van der Waals surface area contributed by atoms with E-state index in [1.165, 1.54) is 0 Å². The molecule has 1 aromatic rings. The van der Waals surface area contributed by atoms with Crippen LogP contribution in [0, 0.1) is 0 Å². The second kappa shape index (κ2) is 3.47. The maximum atomic E-state index is 9.45. The highest BCUT2D eigenvalue weighted by molar-refractivity contribution is 5.97. The van der Waals surface area contributed by atoms with E-state index >= 15 is 0 Å². The van der Waals surface area contributed by atoms with E-state index in [1.807, 2.05) is 12.1 Å². The predicted octanol–water partition coefficient (Wildman–Crippen LogP) is 2.00. The van der Waals surface area contributed by atoms with Crippen molar-refractivity contribution in [2.24, 2.45) is 4.99 Å². The van der Waals surface area contributed by atoms with E-state index in [9.17, 15) is 5.11 Å². The number of aromatic hydroxyl groups is 1. The van der Waals surface area contributed by atoms with Crippen molar-refractivity contribution in [2.45, 2.75) is 12.8 Å². The standard InChI is InChI=1S/C10H12N2O/c13-9-5-2-1-4-8(9)12-10-6-3-7-11-10/h1-2,4-5,13H,3,6-7H2,(H,11,12). The van der Waals surface area contributed by atoms with Gasteiger partial charge in [0.15, 0.2) is 0 Å². The number of hydrogen-bond acceptors (Lipinski definition) is 3. The fraction of sp³-hybridized carbons (Fsp3) is 0.300. The fourth-order valence-electron chi connectivity index (χ4n) is 1.38. The number of nitrogens with zero attached hydrogens (tertiary/aromatic N) is 1. The first-order chi connectivity index (χ1) is 6.36. The minimum Gasteiger partial charge on any atom is -0.506 e. The highest BCUT2D eigenvalue weighted by Crippen LogP contribution is 2.22. The Bertz CT molecular complexity index is 333. The Morgan fingerprint density at radius 3 is 2.85 bits per heavy atom. The van der Waals surface area contributed by atoms with E-state index in [4.69, 9.17) is 0 Å². The van der Waals surface area contributed by atoms with Crippen LogP contribution in [-0.4, -0.2) is 17.5 Å². The van der Waals surface area contributed by atoms with Crippen LogP contribution in [0.3, 0.4) is 0 Å². The van der Waals surface area contributed by atoms with E-state index in [-0.39, 0.29) is 5.75 Å². The van der Waals surface area contributed by atoms with Crippen LogP contribution in [0.4, 0.5) is 5.69 Å². The van der Waals surface area contributed by atoms with Crippen molar-refractivity contribution >= 4 is 11.5 Å². The molecule has 1 heterocycles.